The van der Waals surface area contributed by atoms with Crippen LogP contribution in [0.1, 0.15) is 44.6 Å². The lowest BCUT2D eigenvalue weighted by molar-refractivity contribution is 0.276. The van der Waals surface area contributed by atoms with Crippen LogP contribution in [0.15, 0.2) is 12.1 Å². The summed E-state index contributed by atoms with van der Waals surface area (Å²) >= 11 is 0. The van der Waals surface area contributed by atoms with Gasteiger partial charge in [0.2, 0.25) is 0 Å². The van der Waals surface area contributed by atoms with Crippen molar-refractivity contribution >= 4 is 0 Å². The normalized spacial score (nSPS) is 14.7. The molecule has 0 spiro atoms. The van der Waals surface area contributed by atoms with Crippen molar-refractivity contribution in [1.29, 1.82) is 0 Å². The summed E-state index contributed by atoms with van der Waals surface area (Å²) in [6, 6.07) is 3.23. The Morgan fingerprint density at radius 2 is 1.89 bits per heavy atom. The fourth-order valence-electron chi connectivity index (χ4n) is 1.93. The smallest absolute Gasteiger partial charge is 0.190 e. The Hall–Kier alpha value is -1.16. The van der Waals surface area contributed by atoms with Gasteiger partial charge in [-0.2, -0.15) is 0 Å². The Labute approximate surface area is 113 Å². The van der Waals surface area contributed by atoms with Crippen LogP contribution < -0.4 is 10.1 Å². The van der Waals surface area contributed by atoms with E-state index in [9.17, 15) is 8.78 Å². The summed E-state index contributed by atoms with van der Waals surface area (Å²) in [5.74, 6) is -1.46. The molecule has 1 fully saturated rings. The fourth-order valence-corrected chi connectivity index (χ4v) is 1.93. The van der Waals surface area contributed by atoms with Gasteiger partial charge in [-0.3, -0.25) is 0 Å². The van der Waals surface area contributed by atoms with Crippen LogP contribution in [-0.4, -0.2) is 12.6 Å². The zero-order valence-electron chi connectivity index (χ0n) is 11.3. The molecule has 0 amide bonds. The zero-order valence-corrected chi connectivity index (χ0v) is 11.3. The van der Waals surface area contributed by atoms with E-state index in [2.05, 4.69) is 12.2 Å². The quantitative estimate of drug-likeness (QED) is 0.725. The van der Waals surface area contributed by atoms with E-state index in [0.29, 0.717) is 24.8 Å². The standard InChI is InChI=1S/C15H21F2NO/c1-2-3-4-7-19-15-13(16)8-11(9-14(15)17)10-18-12-5-6-12/h8-9,12,18H,2-7,10H2,1H3. The van der Waals surface area contributed by atoms with Gasteiger partial charge in [-0.15, -0.1) is 0 Å². The Kier molecular flexibility index (Phi) is 5.14. The minimum atomic E-state index is -0.607. The lowest BCUT2D eigenvalue weighted by Gasteiger charge is -2.10. The fraction of sp³-hybridized carbons (Fsp3) is 0.600. The Morgan fingerprint density at radius 1 is 1.21 bits per heavy atom. The summed E-state index contributed by atoms with van der Waals surface area (Å²) < 4.78 is 32.7. The first-order valence-electron chi connectivity index (χ1n) is 7.04. The summed E-state index contributed by atoms with van der Waals surface area (Å²) in [6.45, 7) is 2.94. The summed E-state index contributed by atoms with van der Waals surface area (Å²) in [6.07, 6.45) is 5.19. The number of halogens is 2. The van der Waals surface area contributed by atoms with Gasteiger partial charge in [-0.1, -0.05) is 19.8 Å². The van der Waals surface area contributed by atoms with E-state index >= 15 is 0 Å². The topological polar surface area (TPSA) is 21.3 Å². The molecule has 2 nitrogen and oxygen atoms in total. The number of ether oxygens (including phenoxy) is 1. The molecule has 0 aliphatic heterocycles. The third-order valence-corrected chi connectivity index (χ3v) is 3.22. The monoisotopic (exact) mass is 269 g/mol. The molecule has 0 saturated heterocycles. The van der Waals surface area contributed by atoms with Crippen molar-refractivity contribution in [2.24, 2.45) is 0 Å². The summed E-state index contributed by atoms with van der Waals surface area (Å²) in [4.78, 5) is 0. The van der Waals surface area contributed by atoms with E-state index in [-0.39, 0.29) is 5.75 Å². The van der Waals surface area contributed by atoms with Crippen LogP contribution >= 0.6 is 0 Å². The van der Waals surface area contributed by atoms with Crippen LogP contribution in [0.3, 0.4) is 0 Å². The van der Waals surface area contributed by atoms with Gasteiger partial charge in [0.1, 0.15) is 0 Å². The van der Waals surface area contributed by atoms with Gasteiger partial charge in [0.05, 0.1) is 6.61 Å². The average molecular weight is 269 g/mol. The van der Waals surface area contributed by atoms with E-state index in [0.717, 1.165) is 32.1 Å². The van der Waals surface area contributed by atoms with Gasteiger partial charge in [-0.05, 0) is 37.0 Å². The Balaban J connectivity index is 1.91. The van der Waals surface area contributed by atoms with E-state index in [1.54, 1.807) is 0 Å². The maximum Gasteiger partial charge on any atom is 0.190 e. The second-order valence-electron chi connectivity index (χ2n) is 5.10. The lowest BCUT2D eigenvalue weighted by atomic mass is 10.2. The predicted molar refractivity (Wildman–Crippen MR) is 71.2 cm³/mol. The molecular weight excluding hydrogens is 248 g/mol. The van der Waals surface area contributed by atoms with Crippen molar-refractivity contribution in [3.05, 3.63) is 29.3 Å². The molecule has 1 aliphatic rings. The molecular formula is C15H21F2NO. The van der Waals surface area contributed by atoms with Crippen LogP contribution in [0.4, 0.5) is 8.78 Å². The SMILES string of the molecule is CCCCCOc1c(F)cc(CNC2CC2)cc1F. The van der Waals surface area contributed by atoms with Crippen LogP contribution in [0.5, 0.6) is 5.75 Å². The molecule has 2 rings (SSSR count). The predicted octanol–water partition coefficient (Wildman–Crippen LogP) is 3.79. The van der Waals surface area contributed by atoms with Crippen LogP contribution in [-0.2, 0) is 6.54 Å². The maximum absolute atomic E-state index is 13.8. The highest BCUT2D eigenvalue weighted by molar-refractivity contribution is 5.31. The molecule has 19 heavy (non-hydrogen) atoms. The molecule has 0 aromatic heterocycles. The van der Waals surface area contributed by atoms with Gasteiger partial charge < -0.3 is 10.1 Å². The molecule has 0 atom stereocenters. The van der Waals surface area contributed by atoms with Crippen LogP contribution in [0.2, 0.25) is 0 Å². The summed E-state index contributed by atoms with van der Waals surface area (Å²) in [5.41, 5.74) is 0.628. The molecule has 4 heteroatoms. The molecule has 0 bridgehead atoms. The van der Waals surface area contributed by atoms with Crippen molar-refractivity contribution in [3.63, 3.8) is 0 Å². The molecule has 1 aliphatic carbocycles. The summed E-state index contributed by atoms with van der Waals surface area (Å²) in [7, 11) is 0. The van der Waals surface area contributed by atoms with Gasteiger partial charge in [0.15, 0.2) is 17.4 Å². The first kappa shape index (κ1) is 14.3. The van der Waals surface area contributed by atoms with Crippen molar-refractivity contribution in [2.45, 2.75) is 51.6 Å². The molecule has 1 saturated carbocycles. The van der Waals surface area contributed by atoms with Crippen LogP contribution in [0.25, 0.3) is 0 Å². The average Bonchev–Trinajstić information content (AvgIpc) is 3.18. The van der Waals surface area contributed by atoms with E-state index in [4.69, 9.17) is 4.74 Å². The summed E-state index contributed by atoms with van der Waals surface area (Å²) in [5, 5.41) is 3.23. The highest BCUT2D eigenvalue weighted by Gasteiger charge is 2.20. The minimum Gasteiger partial charge on any atom is -0.488 e. The Bertz CT molecular complexity index is 396. The molecule has 0 radical (unpaired) electrons. The number of hydrogen-bond acceptors (Lipinski definition) is 2. The van der Waals surface area contributed by atoms with Crippen molar-refractivity contribution in [3.8, 4) is 5.75 Å². The first-order chi connectivity index (χ1) is 9.20. The molecule has 1 N–H and O–H groups in total. The number of rotatable bonds is 8. The zero-order chi connectivity index (χ0) is 13.7. The van der Waals surface area contributed by atoms with Gasteiger partial charge in [0, 0.05) is 12.6 Å². The van der Waals surface area contributed by atoms with E-state index in [1.165, 1.54) is 12.1 Å². The Morgan fingerprint density at radius 3 is 2.47 bits per heavy atom. The minimum absolute atomic E-state index is 0.244. The van der Waals surface area contributed by atoms with Gasteiger partial charge >= 0.3 is 0 Å². The third kappa shape index (κ3) is 4.46. The number of benzene rings is 1. The lowest BCUT2D eigenvalue weighted by Crippen LogP contribution is -2.15. The first-order valence-corrected chi connectivity index (χ1v) is 7.04. The second-order valence-corrected chi connectivity index (χ2v) is 5.10. The van der Waals surface area contributed by atoms with Crippen molar-refractivity contribution in [2.75, 3.05) is 6.61 Å². The van der Waals surface area contributed by atoms with Crippen molar-refractivity contribution < 1.29 is 13.5 Å². The molecule has 106 valence electrons. The largest absolute Gasteiger partial charge is 0.488 e. The highest BCUT2D eigenvalue weighted by Crippen LogP contribution is 2.25. The van der Waals surface area contributed by atoms with E-state index in [1.807, 2.05) is 0 Å². The highest BCUT2D eigenvalue weighted by atomic mass is 19.1. The van der Waals surface area contributed by atoms with Crippen molar-refractivity contribution in [1.82, 2.24) is 5.32 Å². The number of hydrogen-bond donors (Lipinski definition) is 1. The van der Waals surface area contributed by atoms with Crippen LogP contribution in [0, 0.1) is 11.6 Å². The maximum atomic E-state index is 13.8. The molecule has 1 aromatic rings. The molecule has 0 unspecified atom stereocenters. The van der Waals surface area contributed by atoms with Gasteiger partial charge in [0.25, 0.3) is 0 Å². The third-order valence-electron chi connectivity index (χ3n) is 3.22. The van der Waals surface area contributed by atoms with E-state index < -0.39 is 11.6 Å². The molecule has 0 heterocycles. The second kappa shape index (κ2) is 6.85. The number of nitrogens with one attached hydrogen (secondary N) is 1. The molecule has 1 aromatic carbocycles. The number of unbranched alkanes of at least 4 members (excludes halogenated alkanes) is 2. The van der Waals surface area contributed by atoms with Gasteiger partial charge in [-0.25, -0.2) is 8.78 Å².